The van der Waals surface area contributed by atoms with Crippen molar-refractivity contribution in [3.05, 3.63) is 42.1 Å². The monoisotopic (exact) mass is 259 g/mol. The van der Waals surface area contributed by atoms with E-state index in [4.69, 9.17) is 4.74 Å². The normalized spacial score (nSPS) is 16.8. The molecule has 1 aromatic carbocycles. The maximum absolute atomic E-state index is 5.68. The molecule has 0 aromatic heterocycles. The molecule has 0 spiro atoms. The summed E-state index contributed by atoms with van der Waals surface area (Å²) in [5, 5.41) is 0. The van der Waals surface area contributed by atoms with E-state index in [-0.39, 0.29) is 5.41 Å². The van der Waals surface area contributed by atoms with Crippen LogP contribution in [0.5, 0.6) is 0 Å². The fourth-order valence-electron chi connectivity index (χ4n) is 2.64. The first-order valence-corrected chi connectivity index (χ1v) is 7.23. The average molecular weight is 259 g/mol. The van der Waals surface area contributed by atoms with Crippen molar-refractivity contribution in [3.63, 3.8) is 0 Å². The van der Waals surface area contributed by atoms with Crippen molar-refractivity contribution >= 4 is 5.69 Å². The number of nitrogens with zero attached hydrogens (tertiary/aromatic N) is 1. The molecular formula is C17H25NO. The van der Waals surface area contributed by atoms with Gasteiger partial charge < -0.3 is 9.64 Å². The van der Waals surface area contributed by atoms with Crippen molar-refractivity contribution in [3.8, 4) is 0 Å². The zero-order valence-electron chi connectivity index (χ0n) is 12.4. The second kappa shape index (κ2) is 5.79. The zero-order valence-corrected chi connectivity index (χ0v) is 12.4. The Morgan fingerprint density at radius 1 is 1.21 bits per heavy atom. The van der Waals surface area contributed by atoms with E-state index in [2.05, 4.69) is 56.5 Å². The van der Waals surface area contributed by atoms with E-state index in [1.54, 1.807) is 0 Å². The molecule has 0 bridgehead atoms. The van der Waals surface area contributed by atoms with Crippen molar-refractivity contribution in [2.24, 2.45) is 0 Å². The van der Waals surface area contributed by atoms with E-state index in [0.717, 1.165) is 26.2 Å². The Kier molecular flexibility index (Phi) is 4.31. The summed E-state index contributed by atoms with van der Waals surface area (Å²) in [6.45, 7) is 13.5. The number of fused-ring (bicyclic) bond motifs is 1. The van der Waals surface area contributed by atoms with Gasteiger partial charge >= 0.3 is 0 Å². The number of anilines is 1. The molecular weight excluding hydrogens is 234 g/mol. The van der Waals surface area contributed by atoms with Gasteiger partial charge in [-0.05, 0) is 18.1 Å². The van der Waals surface area contributed by atoms with Crippen LogP contribution in [0.4, 0.5) is 5.69 Å². The molecule has 0 radical (unpaired) electrons. The van der Waals surface area contributed by atoms with E-state index < -0.39 is 0 Å². The molecule has 104 valence electrons. The van der Waals surface area contributed by atoms with Crippen LogP contribution in [0.3, 0.4) is 0 Å². The van der Waals surface area contributed by atoms with Gasteiger partial charge in [0.1, 0.15) is 0 Å². The van der Waals surface area contributed by atoms with Crippen LogP contribution in [-0.2, 0) is 10.2 Å². The molecule has 2 nitrogen and oxygen atoms in total. The molecule has 0 aliphatic carbocycles. The van der Waals surface area contributed by atoms with Crippen LogP contribution in [-0.4, -0.2) is 19.8 Å². The van der Waals surface area contributed by atoms with Crippen LogP contribution in [0.2, 0.25) is 0 Å². The Morgan fingerprint density at radius 3 is 2.68 bits per heavy atom. The fourth-order valence-corrected chi connectivity index (χ4v) is 2.64. The van der Waals surface area contributed by atoms with E-state index in [1.807, 2.05) is 0 Å². The maximum atomic E-state index is 5.68. The molecule has 0 saturated carbocycles. The second-order valence-corrected chi connectivity index (χ2v) is 5.71. The van der Waals surface area contributed by atoms with E-state index in [9.17, 15) is 0 Å². The van der Waals surface area contributed by atoms with Gasteiger partial charge in [-0.15, -0.1) is 0 Å². The number of allylic oxidation sites excluding steroid dienone is 1. The Labute approximate surface area is 117 Å². The first kappa shape index (κ1) is 14.1. The number of unbranched alkanes of at least 4 members (excludes halogenated alkanes) is 1. The summed E-state index contributed by atoms with van der Waals surface area (Å²) >= 11 is 0. The fraction of sp³-hybridized carbons (Fsp3) is 0.529. The molecule has 19 heavy (non-hydrogen) atoms. The summed E-state index contributed by atoms with van der Waals surface area (Å²) in [5.74, 6) is 0. The number of para-hydroxylation sites is 1. The number of hydrogen-bond acceptors (Lipinski definition) is 2. The van der Waals surface area contributed by atoms with Gasteiger partial charge in [-0.2, -0.15) is 0 Å². The van der Waals surface area contributed by atoms with Gasteiger partial charge in [0.25, 0.3) is 0 Å². The van der Waals surface area contributed by atoms with Crippen LogP contribution < -0.4 is 4.90 Å². The van der Waals surface area contributed by atoms with E-state index in [1.165, 1.54) is 23.4 Å². The highest BCUT2D eigenvalue weighted by atomic mass is 16.5. The zero-order chi connectivity index (χ0) is 13.9. The molecule has 1 aromatic rings. The van der Waals surface area contributed by atoms with Gasteiger partial charge in [0.15, 0.2) is 0 Å². The van der Waals surface area contributed by atoms with Crippen molar-refractivity contribution in [2.45, 2.75) is 39.0 Å². The van der Waals surface area contributed by atoms with Crippen LogP contribution in [0.25, 0.3) is 0 Å². The third kappa shape index (κ3) is 2.69. The van der Waals surface area contributed by atoms with Crippen LogP contribution in [0.15, 0.2) is 36.5 Å². The number of rotatable bonds is 6. The number of ether oxygens (including phenoxy) is 1. The molecule has 0 saturated heterocycles. The lowest BCUT2D eigenvalue weighted by Gasteiger charge is -2.25. The lowest BCUT2D eigenvalue weighted by molar-refractivity contribution is 0.138. The first-order valence-electron chi connectivity index (χ1n) is 7.23. The van der Waals surface area contributed by atoms with Gasteiger partial charge in [0.05, 0.1) is 6.61 Å². The van der Waals surface area contributed by atoms with Gasteiger partial charge in [0.2, 0.25) is 0 Å². The highest BCUT2D eigenvalue weighted by molar-refractivity contribution is 5.69. The van der Waals surface area contributed by atoms with E-state index >= 15 is 0 Å². The highest BCUT2D eigenvalue weighted by Gasteiger charge is 2.38. The molecule has 0 N–H and O–H groups in total. The number of benzene rings is 1. The van der Waals surface area contributed by atoms with Gasteiger partial charge in [-0.3, -0.25) is 0 Å². The minimum Gasteiger partial charge on any atom is -0.380 e. The molecule has 0 atom stereocenters. The van der Waals surface area contributed by atoms with E-state index in [0.29, 0.717) is 0 Å². The molecule has 2 rings (SSSR count). The summed E-state index contributed by atoms with van der Waals surface area (Å²) in [5.41, 5.74) is 3.86. The van der Waals surface area contributed by atoms with Gasteiger partial charge in [0, 0.05) is 30.0 Å². The third-order valence-electron chi connectivity index (χ3n) is 4.02. The third-order valence-corrected chi connectivity index (χ3v) is 4.02. The Bertz CT molecular complexity index is 450. The summed E-state index contributed by atoms with van der Waals surface area (Å²) < 4.78 is 5.68. The predicted octanol–water partition coefficient (Wildman–Crippen LogP) is 4.11. The largest absolute Gasteiger partial charge is 0.380 e. The van der Waals surface area contributed by atoms with Gasteiger partial charge in [-0.25, -0.2) is 0 Å². The smallest absolute Gasteiger partial charge is 0.0645 e. The molecule has 1 aliphatic heterocycles. The van der Waals surface area contributed by atoms with Crippen LogP contribution in [0.1, 0.15) is 39.2 Å². The standard InChI is InChI=1S/C17H25NO/c1-5-6-12-19-13-11-18-14(2)17(3,4)15-9-7-8-10-16(15)18/h7-10H,2,5-6,11-13H2,1,3-4H3. The molecule has 1 heterocycles. The van der Waals surface area contributed by atoms with Crippen LogP contribution in [0, 0.1) is 0 Å². The minimum atomic E-state index is 0.0278. The molecule has 0 fully saturated rings. The summed E-state index contributed by atoms with van der Waals surface area (Å²) in [7, 11) is 0. The average Bonchev–Trinajstić information content (AvgIpc) is 2.60. The SMILES string of the molecule is C=C1N(CCOCCCC)c2ccccc2C1(C)C. The lowest BCUT2D eigenvalue weighted by Crippen LogP contribution is -2.28. The quantitative estimate of drug-likeness (QED) is 0.713. The Hall–Kier alpha value is -1.28. The van der Waals surface area contributed by atoms with Crippen molar-refractivity contribution in [1.29, 1.82) is 0 Å². The molecule has 1 aliphatic rings. The summed E-state index contributed by atoms with van der Waals surface area (Å²) in [6, 6.07) is 8.59. The predicted molar refractivity (Wildman–Crippen MR) is 81.7 cm³/mol. The van der Waals surface area contributed by atoms with Crippen molar-refractivity contribution < 1.29 is 4.74 Å². The molecule has 0 amide bonds. The number of hydrogen-bond donors (Lipinski definition) is 0. The molecule has 0 unspecified atom stereocenters. The minimum absolute atomic E-state index is 0.0278. The topological polar surface area (TPSA) is 12.5 Å². The Balaban J connectivity index is 2.04. The van der Waals surface area contributed by atoms with Crippen molar-refractivity contribution in [1.82, 2.24) is 0 Å². The lowest BCUT2D eigenvalue weighted by atomic mass is 9.85. The first-order chi connectivity index (χ1) is 9.09. The maximum Gasteiger partial charge on any atom is 0.0645 e. The van der Waals surface area contributed by atoms with Crippen molar-refractivity contribution in [2.75, 3.05) is 24.7 Å². The van der Waals surface area contributed by atoms with Crippen LogP contribution >= 0.6 is 0 Å². The molecule has 2 heteroatoms. The Morgan fingerprint density at radius 2 is 1.95 bits per heavy atom. The summed E-state index contributed by atoms with van der Waals surface area (Å²) in [4.78, 5) is 2.31. The van der Waals surface area contributed by atoms with Gasteiger partial charge in [-0.1, -0.05) is 52.0 Å². The summed E-state index contributed by atoms with van der Waals surface area (Å²) in [6.07, 6.45) is 2.33. The second-order valence-electron chi connectivity index (χ2n) is 5.71. The highest BCUT2D eigenvalue weighted by Crippen LogP contribution is 2.46.